The van der Waals surface area contributed by atoms with Crippen molar-refractivity contribution in [1.82, 2.24) is 0 Å². The monoisotopic (exact) mass is 484 g/mol. The maximum atomic E-state index is 12.9. The van der Waals surface area contributed by atoms with Gasteiger partial charge < -0.3 is 0 Å². The maximum absolute atomic E-state index is 12.9. The molecule has 2 aromatic rings. The van der Waals surface area contributed by atoms with E-state index in [0.717, 1.165) is 0 Å². The average molecular weight is 486 g/mol. The summed E-state index contributed by atoms with van der Waals surface area (Å²) in [7, 11) is 0. The number of ketones is 1. The van der Waals surface area contributed by atoms with Gasteiger partial charge in [0.05, 0.1) is 9.85 Å². The number of hydrogen-bond acceptors (Lipinski definition) is 5. The quantitative estimate of drug-likeness (QED) is 0.396. The highest BCUT2D eigenvalue weighted by molar-refractivity contribution is 9.10. The fourth-order valence-electron chi connectivity index (χ4n) is 2.61. The summed E-state index contributed by atoms with van der Waals surface area (Å²) in [6.07, 6.45) is 0. The third-order valence-electron chi connectivity index (χ3n) is 4.08. The Balaban J connectivity index is 2.36. The highest BCUT2D eigenvalue weighted by Gasteiger charge is 2.26. The molecule has 0 aliphatic heterocycles. The number of hydrogen-bond donors (Lipinski definition) is 0. The van der Waals surface area contributed by atoms with Crippen molar-refractivity contribution >= 4 is 49.0 Å². The molecule has 0 spiro atoms. The van der Waals surface area contributed by atoms with E-state index in [4.69, 9.17) is 0 Å². The van der Waals surface area contributed by atoms with Gasteiger partial charge in [-0.2, -0.15) is 0 Å². The second-order valence-electron chi connectivity index (χ2n) is 5.85. The molecule has 7 nitrogen and oxygen atoms in total. The Bertz CT molecular complexity index is 829. The number of carbonyl (C=O) groups excluding carboxylic acids is 1. The van der Waals surface area contributed by atoms with Crippen molar-refractivity contribution < 1.29 is 14.6 Å². The molecule has 2 aromatic carbocycles. The summed E-state index contributed by atoms with van der Waals surface area (Å²) in [5.74, 6) is -1.41. The normalized spacial score (nSPS) is 13.1. The molecule has 26 heavy (non-hydrogen) atoms. The molecule has 136 valence electrons. The van der Waals surface area contributed by atoms with Crippen molar-refractivity contribution in [3.05, 3.63) is 76.7 Å². The van der Waals surface area contributed by atoms with Crippen LogP contribution in [0.3, 0.4) is 0 Å². The van der Waals surface area contributed by atoms with Crippen LogP contribution in [0, 0.1) is 20.2 Å². The number of nitro benzene ring substituents is 2. The van der Waals surface area contributed by atoms with Gasteiger partial charge in [0.2, 0.25) is 0 Å². The van der Waals surface area contributed by atoms with Gasteiger partial charge in [-0.1, -0.05) is 45.7 Å². The highest BCUT2D eigenvalue weighted by atomic mass is 79.9. The molecule has 0 saturated heterocycles. The van der Waals surface area contributed by atoms with E-state index in [-0.39, 0.29) is 17.2 Å². The molecule has 0 heterocycles. The molecule has 0 aromatic heterocycles. The summed E-state index contributed by atoms with van der Waals surface area (Å²) >= 11 is 6.44. The summed E-state index contributed by atoms with van der Waals surface area (Å²) in [6.45, 7) is 3.33. The van der Waals surface area contributed by atoms with Gasteiger partial charge in [-0.25, -0.2) is 0 Å². The minimum atomic E-state index is -0.612. The van der Waals surface area contributed by atoms with Gasteiger partial charge in [0.1, 0.15) is 5.78 Å². The van der Waals surface area contributed by atoms with Crippen molar-refractivity contribution in [3.8, 4) is 0 Å². The third kappa shape index (κ3) is 4.53. The zero-order chi connectivity index (χ0) is 19.6. The lowest BCUT2D eigenvalue weighted by Crippen LogP contribution is -2.17. The summed E-state index contributed by atoms with van der Waals surface area (Å²) in [4.78, 5) is 33.9. The highest BCUT2D eigenvalue weighted by Crippen LogP contribution is 2.33. The number of non-ortho nitro benzene ring substituents is 2. The zero-order valence-corrected chi connectivity index (χ0v) is 17.0. The number of rotatable bonds is 6. The number of carbonyl (C=O) groups is 1. The Morgan fingerprint density at radius 3 is 1.46 bits per heavy atom. The fraction of sp³-hybridized carbons (Fsp3) is 0.235. The van der Waals surface area contributed by atoms with Gasteiger partial charge in [-0.15, -0.1) is 0 Å². The molecule has 0 N–H and O–H groups in total. The van der Waals surface area contributed by atoms with E-state index in [0.29, 0.717) is 20.1 Å². The van der Waals surface area contributed by atoms with Crippen LogP contribution < -0.4 is 0 Å². The number of benzene rings is 2. The van der Waals surface area contributed by atoms with Crippen LogP contribution in [0.1, 0.15) is 36.8 Å². The topological polar surface area (TPSA) is 103 Å². The zero-order valence-electron chi connectivity index (χ0n) is 13.8. The van der Waals surface area contributed by atoms with E-state index in [1.807, 2.05) is 0 Å². The molecule has 0 saturated carbocycles. The molecule has 2 atom stereocenters. The van der Waals surface area contributed by atoms with E-state index in [2.05, 4.69) is 31.9 Å². The van der Waals surface area contributed by atoms with Crippen LogP contribution >= 0.6 is 31.9 Å². The molecule has 2 rings (SSSR count). The van der Waals surface area contributed by atoms with E-state index in [9.17, 15) is 25.0 Å². The van der Waals surface area contributed by atoms with Crippen LogP contribution in [0.5, 0.6) is 0 Å². The molecule has 0 aliphatic carbocycles. The van der Waals surface area contributed by atoms with Crippen LogP contribution in [0.2, 0.25) is 0 Å². The van der Waals surface area contributed by atoms with E-state index >= 15 is 0 Å². The summed E-state index contributed by atoms with van der Waals surface area (Å²) < 4.78 is 1.01. The number of nitrogens with zero attached hydrogens (tertiary/aromatic N) is 2. The van der Waals surface area contributed by atoms with Crippen molar-refractivity contribution in [2.45, 2.75) is 25.7 Å². The van der Waals surface area contributed by atoms with Crippen LogP contribution in [0.15, 0.2) is 45.3 Å². The minimum Gasteiger partial charge on any atom is -0.298 e. The molecular formula is C17H14Br2N2O5. The van der Waals surface area contributed by atoms with Gasteiger partial charge in [0.15, 0.2) is 0 Å². The van der Waals surface area contributed by atoms with E-state index in [1.54, 1.807) is 26.0 Å². The maximum Gasteiger partial charge on any atom is 0.270 e. The molecular weight excluding hydrogens is 472 g/mol. The van der Waals surface area contributed by atoms with Crippen molar-refractivity contribution in [1.29, 1.82) is 0 Å². The lowest BCUT2D eigenvalue weighted by atomic mass is 9.85. The average Bonchev–Trinajstić information content (AvgIpc) is 2.58. The summed E-state index contributed by atoms with van der Waals surface area (Å²) in [5.41, 5.74) is 0.791. The van der Waals surface area contributed by atoms with Gasteiger partial charge in [0.25, 0.3) is 11.4 Å². The Morgan fingerprint density at radius 1 is 0.808 bits per heavy atom. The van der Waals surface area contributed by atoms with E-state index < -0.39 is 21.7 Å². The number of Topliss-reactive ketones (excluding diaryl/α,β-unsaturated/α-hetero) is 1. The standard InChI is InChI=1S/C17H14Br2N2O5/c1-9(11-3-13(18)7-15(5-11)20(23)24)17(22)10(2)12-4-14(19)8-16(6-12)21(25)26/h3-10H,1-2H3. The predicted molar refractivity (Wildman–Crippen MR) is 103 cm³/mol. The van der Waals surface area contributed by atoms with Gasteiger partial charge in [-0.05, 0) is 23.3 Å². The first-order valence-electron chi connectivity index (χ1n) is 7.53. The van der Waals surface area contributed by atoms with Crippen LogP contribution in [-0.4, -0.2) is 15.6 Å². The van der Waals surface area contributed by atoms with Crippen molar-refractivity contribution in [3.63, 3.8) is 0 Å². The van der Waals surface area contributed by atoms with Crippen molar-refractivity contribution in [2.75, 3.05) is 0 Å². The molecule has 2 unspecified atom stereocenters. The second kappa shape index (κ2) is 8.05. The molecule has 0 amide bonds. The van der Waals surface area contributed by atoms with Crippen LogP contribution in [-0.2, 0) is 4.79 Å². The Labute approximate surface area is 166 Å². The largest absolute Gasteiger partial charge is 0.298 e. The fourth-order valence-corrected chi connectivity index (χ4v) is 3.60. The third-order valence-corrected chi connectivity index (χ3v) is 5.00. The number of nitro groups is 2. The SMILES string of the molecule is CC(C(=O)C(C)c1cc(Br)cc([N+](=O)[O-])c1)c1cc(Br)cc([N+](=O)[O-])c1. The van der Waals surface area contributed by atoms with Gasteiger partial charge in [-0.3, -0.25) is 25.0 Å². The lowest BCUT2D eigenvalue weighted by molar-refractivity contribution is -0.385. The smallest absolute Gasteiger partial charge is 0.270 e. The van der Waals surface area contributed by atoms with E-state index in [1.165, 1.54) is 24.3 Å². The second-order valence-corrected chi connectivity index (χ2v) is 7.68. The Hall–Kier alpha value is -2.13. The molecule has 0 aliphatic rings. The predicted octanol–water partition coefficient (Wildman–Crippen LogP) is 5.50. The van der Waals surface area contributed by atoms with Crippen LogP contribution in [0.25, 0.3) is 0 Å². The minimum absolute atomic E-state index is 0.111. The summed E-state index contributed by atoms with van der Waals surface area (Å²) in [6, 6.07) is 8.77. The first-order chi connectivity index (χ1) is 12.1. The lowest BCUT2D eigenvalue weighted by Gasteiger charge is -2.17. The Kier molecular flexibility index (Phi) is 6.25. The number of halogens is 2. The molecule has 0 fully saturated rings. The first kappa shape index (κ1) is 20.2. The molecule has 0 radical (unpaired) electrons. The van der Waals surface area contributed by atoms with Gasteiger partial charge in [0, 0.05) is 45.0 Å². The molecule has 0 bridgehead atoms. The van der Waals surface area contributed by atoms with Gasteiger partial charge >= 0.3 is 0 Å². The van der Waals surface area contributed by atoms with Crippen molar-refractivity contribution in [2.24, 2.45) is 0 Å². The first-order valence-corrected chi connectivity index (χ1v) is 9.12. The molecule has 9 heteroatoms. The summed E-state index contributed by atoms with van der Waals surface area (Å²) in [5, 5.41) is 22.0. The van der Waals surface area contributed by atoms with Crippen LogP contribution in [0.4, 0.5) is 11.4 Å². The Morgan fingerprint density at radius 2 is 1.15 bits per heavy atom.